The van der Waals surface area contributed by atoms with E-state index in [1.807, 2.05) is 0 Å². The lowest BCUT2D eigenvalue weighted by Crippen LogP contribution is -2.31. The maximum absolute atomic E-state index is 11.4. The van der Waals surface area contributed by atoms with Gasteiger partial charge in [0.25, 0.3) is 6.29 Å². The molecule has 0 aliphatic heterocycles. The number of esters is 1. The van der Waals surface area contributed by atoms with Gasteiger partial charge in [0.1, 0.15) is 0 Å². The molecule has 0 radical (unpaired) electrons. The van der Waals surface area contributed by atoms with Crippen LogP contribution in [0.3, 0.4) is 0 Å². The summed E-state index contributed by atoms with van der Waals surface area (Å²) >= 11 is 0. The highest BCUT2D eigenvalue weighted by Gasteiger charge is 2.22. The van der Waals surface area contributed by atoms with Crippen LogP contribution in [0.5, 0.6) is 0 Å². The quantitative estimate of drug-likeness (QED) is 0.222. The Kier molecular flexibility index (Phi) is 8.60. The van der Waals surface area contributed by atoms with Crippen LogP contribution in [0.4, 0.5) is 4.79 Å². The van der Waals surface area contributed by atoms with Crippen LogP contribution >= 0.6 is 0 Å². The molecule has 0 aliphatic rings. The summed E-state index contributed by atoms with van der Waals surface area (Å²) in [5, 5.41) is 0. The molecule has 0 aromatic carbocycles. The topological polar surface area (TPSA) is 89.5 Å². The van der Waals surface area contributed by atoms with Gasteiger partial charge >= 0.3 is 12.1 Å². The second-order valence-electron chi connectivity index (χ2n) is 4.96. The molecule has 0 aliphatic carbocycles. The predicted molar refractivity (Wildman–Crippen MR) is 70.7 cm³/mol. The minimum Gasteiger partial charge on any atom is -0.433 e. The minimum absolute atomic E-state index is 0.139. The van der Waals surface area contributed by atoms with Crippen molar-refractivity contribution in [3.8, 4) is 0 Å². The summed E-state index contributed by atoms with van der Waals surface area (Å²) in [7, 11) is 0. The van der Waals surface area contributed by atoms with Crippen molar-refractivity contribution in [2.75, 3.05) is 13.2 Å². The van der Waals surface area contributed by atoms with Crippen LogP contribution in [0, 0.1) is 0 Å². The van der Waals surface area contributed by atoms with Crippen LogP contribution in [0.1, 0.15) is 34.6 Å². The molecule has 0 bridgehead atoms. The summed E-state index contributed by atoms with van der Waals surface area (Å²) in [6.07, 6.45) is -2.25. The largest absolute Gasteiger partial charge is 0.540 e. The molecule has 8 heteroatoms. The molecule has 0 fully saturated rings. The first-order valence-corrected chi connectivity index (χ1v) is 6.33. The number of hydrogen-bond donors (Lipinski definition) is 0. The van der Waals surface area contributed by atoms with E-state index in [0.29, 0.717) is 0 Å². The minimum atomic E-state index is -1.23. The molecule has 21 heavy (non-hydrogen) atoms. The molecular formula is C13H22O8. The molecule has 0 spiro atoms. The highest BCUT2D eigenvalue weighted by atomic mass is 17.3. The summed E-state index contributed by atoms with van der Waals surface area (Å²) in [6.45, 7) is 11.5. The summed E-state index contributed by atoms with van der Waals surface area (Å²) < 4.78 is 9.38. The molecule has 0 heterocycles. The zero-order valence-corrected chi connectivity index (χ0v) is 13.0. The van der Waals surface area contributed by atoms with Gasteiger partial charge in [0.05, 0.1) is 12.2 Å². The van der Waals surface area contributed by atoms with Crippen molar-refractivity contribution >= 4 is 12.1 Å². The zero-order valence-electron chi connectivity index (χ0n) is 13.0. The van der Waals surface area contributed by atoms with Crippen molar-refractivity contribution < 1.29 is 38.6 Å². The maximum atomic E-state index is 11.4. The average molecular weight is 306 g/mol. The van der Waals surface area contributed by atoms with Gasteiger partial charge in [-0.05, 0) is 34.6 Å². The van der Waals surface area contributed by atoms with Gasteiger partial charge in [-0.2, -0.15) is 9.78 Å². The lowest BCUT2D eigenvalue weighted by atomic mass is 10.2. The van der Waals surface area contributed by atoms with Crippen LogP contribution in [0.25, 0.3) is 0 Å². The molecule has 1 atom stereocenters. The number of ether oxygens (including phenoxy) is 2. The molecule has 0 amide bonds. The Hall–Kier alpha value is -1.64. The predicted octanol–water partition coefficient (Wildman–Crippen LogP) is 2.28. The first kappa shape index (κ1) is 19.4. The van der Waals surface area contributed by atoms with Gasteiger partial charge in [0.15, 0.2) is 6.61 Å². The third-order valence-electron chi connectivity index (χ3n) is 1.59. The Morgan fingerprint density at radius 3 is 2.33 bits per heavy atom. The first-order chi connectivity index (χ1) is 9.65. The Morgan fingerprint density at radius 2 is 1.86 bits per heavy atom. The Labute approximate surface area is 123 Å². The number of carbonyl (C=O) groups is 2. The summed E-state index contributed by atoms with van der Waals surface area (Å²) in [5.74, 6) is -0.697. The second-order valence-corrected chi connectivity index (χ2v) is 4.96. The van der Waals surface area contributed by atoms with Crippen molar-refractivity contribution in [3.63, 3.8) is 0 Å². The van der Waals surface area contributed by atoms with Crippen LogP contribution < -0.4 is 0 Å². The average Bonchev–Trinajstić information content (AvgIpc) is 2.34. The van der Waals surface area contributed by atoms with Gasteiger partial charge in [-0.25, -0.2) is 14.5 Å². The van der Waals surface area contributed by atoms with E-state index in [-0.39, 0.29) is 12.2 Å². The number of rotatable bonds is 8. The van der Waals surface area contributed by atoms with Gasteiger partial charge in [-0.15, -0.1) is 0 Å². The van der Waals surface area contributed by atoms with Crippen LogP contribution in [-0.4, -0.2) is 37.2 Å². The first-order valence-electron chi connectivity index (χ1n) is 6.33. The fourth-order valence-electron chi connectivity index (χ4n) is 0.779. The van der Waals surface area contributed by atoms with E-state index >= 15 is 0 Å². The summed E-state index contributed by atoms with van der Waals surface area (Å²) in [6, 6.07) is 0. The lowest BCUT2D eigenvalue weighted by Gasteiger charge is -2.22. The normalized spacial score (nSPS) is 12.4. The standard InChI is InChI=1S/C13H22O8/c1-7-16-12(15)20-17-8-10(18-11(14)9(2)3)19-21-13(4,5)6/h10H,2,7-8H2,1,3-6H3. The van der Waals surface area contributed by atoms with Crippen molar-refractivity contribution in [2.24, 2.45) is 0 Å². The van der Waals surface area contributed by atoms with Gasteiger partial charge in [-0.1, -0.05) is 6.58 Å². The number of hydrogen-bond acceptors (Lipinski definition) is 8. The lowest BCUT2D eigenvalue weighted by molar-refractivity contribution is -0.426. The molecule has 8 nitrogen and oxygen atoms in total. The molecule has 0 N–H and O–H groups in total. The fourth-order valence-corrected chi connectivity index (χ4v) is 0.779. The third kappa shape index (κ3) is 10.8. The zero-order chi connectivity index (χ0) is 16.5. The van der Waals surface area contributed by atoms with Crippen molar-refractivity contribution in [3.05, 3.63) is 12.2 Å². The molecule has 122 valence electrons. The summed E-state index contributed by atoms with van der Waals surface area (Å²) in [5.41, 5.74) is -0.457. The van der Waals surface area contributed by atoms with Gasteiger partial charge < -0.3 is 9.47 Å². The highest BCUT2D eigenvalue weighted by Crippen LogP contribution is 2.11. The van der Waals surface area contributed by atoms with E-state index in [4.69, 9.17) is 14.5 Å². The SMILES string of the molecule is C=C(C)C(=O)OC(COOC(=O)OCC)OOC(C)(C)C. The molecule has 1 unspecified atom stereocenters. The van der Waals surface area contributed by atoms with Crippen molar-refractivity contribution in [2.45, 2.75) is 46.5 Å². The molecule has 0 aromatic heterocycles. The molecule has 0 aromatic rings. The van der Waals surface area contributed by atoms with Crippen molar-refractivity contribution in [1.29, 1.82) is 0 Å². The van der Waals surface area contributed by atoms with E-state index in [2.05, 4.69) is 21.1 Å². The molecule has 0 rings (SSSR count). The fraction of sp³-hybridized carbons (Fsp3) is 0.692. The Morgan fingerprint density at radius 1 is 1.24 bits per heavy atom. The number of carbonyl (C=O) groups excluding carboxylic acids is 2. The van der Waals surface area contributed by atoms with Crippen LogP contribution in [0.2, 0.25) is 0 Å². The van der Waals surface area contributed by atoms with Gasteiger partial charge in [0.2, 0.25) is 0 Å². The third-order valence-corrected chi connectivity index (χ3v) is 1.59. The van der Waals surface area contributed by atoms with E-state index in [1.54, 1.807) is 27.7 Å². The van der Waals surface area contributed by atoms with Crippen LogP contribution in [0.15, 0.2) is 12.2 Å². The molecular weight excluding hydrogens is 284 g/mol. The van der Waals surface area contributed by atoms with E-state index in [9.17, 15) is 9.59 Å². The Balaban J connectivity index is 4.33. The summed E-state index contributed by atoms with van der Waals surface area (Å²) in [4.78, 5) is 41.1. The van der Waals surface area contributed by atoms with Gasteiger partial charge in [0, 0.05) is 5.57 Å². The van der Waals surface area contributed by atoms with E-state index in [0.717, 1.165) is 0 Å². The maximum Gasteiger partial charge on any atom is 0.540 e. The van der Waals surface area contributed by atoms with Crippen LogP contribution in [-0.2, 0) is 33.8 Å². The highest BCUT2D eigenvalue weighted by molar-refractivity contribution is 5.87. The molecule has 0 saturated heterocycles. The smallest absolute Gasteiger partial charge is 0.433 e. The second kappa shape index (κ2) is 9.32. The Bertz CT molecular complexity index is 358. The van der Waals surface area contributed by atoms with Crippen molar-refractivity contribution in [1.82, 2.24) is 0 Å². The van der Waals surface area contributed by atoms with E-state index in [1.165, 1.54) is 6.92 Å². The van der Waals surface area contributed by atoms with Gasteiger partial charge in [-0.3, -0.25) is 4.89 Å². The monoisotopic (exact) mass is 306 g/mol. The van der Waals surface area contributed by atoms with E-state index < -0.39 is 30.6 Å². The molecule has 0 saturated carbocycles.